The molecule has 116 valence electrons. The van der Waals surface area contributed by atoms with Crippen molar-refractivity contribution >= 4 is 35.6 Å². The molecule has 2 amide bonds. The van der Waals surface area contributed by atoms with Crippen LogP contribution in [0.3, 0.4) is 0 Å². The second-order valence-electron chi connectivity index (χ2n) is 4.59. The first-order chi connectivity index (χ1) is 9.51. The average Bonchev–Trinajstić information content (AvgIpc) is 2.40. The van der Waals surface area contributed by atoms with Crippen molar-refractivity contribution in [2.75, 3.05) is 24.4 Å². The molecule has 0 aliphatic carbocycles. The highest BCUT2D eigenvalue weighted by Gasteiger charge is 2.20. The average molecular weight is 318 g/mol. The van der Waals surface area contributed by atoms with Gasteiger partial charge < -0.3 is 21.1 Å². The van der Waals surface area contributed by atoms with E-state index in [0.717, 1.165) is 0 Å². The summed E-state index contributed by atoms with van der Waals surface area (Å²) in [6.45, 7) is 0.0368. The van der Waals surface area contributed by atoms with Crippen molar-refractivity contribution in [3.8, 4) is 0 Å². The SMILES string of the molecule is COCC(N)C(=O)Nc1cc2c(cc1F)CCC(=O)N2.Cl. The van der Waals surface area contributed by atoms with Gasteiger partial charge in [0.15, 0.2) is 0 Å². The number of anilines is 2. The molecule has 1 aliphatic heterocycles. The van der Waals surface area contributed by atoms with E-state index in [9.17, 15) is 14.0 Å². The van der Waals surface area contributed by atoms with Crippen LogP contribution in [0, 0.1) is 5.82 Å². The van der Waals surface area contributed by atoms with Gasteiger partial charge in [-0.3, -0.25) is 9.59 Å². The molecule has 0 aromatic heterocycles. The van der Waals surface area contributed by atoms with Gasteiger partial charge in [0, 0.05) is 19.2 Å². The Hall–Kier alpha value is -1.70. The summed E-state index contributed by atoms with van der Waals surface area (Å²) >= 11 is 0. The third-order valence-electron chi connectivity index (χ3n) is 3.03. The number of aryl methyl sites for hydroxylation is 1. The summed E-state index contributed by atoms with van der Waals surface area (Å²) in [6.07, 6.45) is 0.812. The van der Waals surface area contributed by atoms with Gasteiger partial charge in [0.2, 0.25) is 11.8 Å². The molecule has 1 atom stereocenters. The van der Waals surface area contributed by atoms with E-state index in [1.807, 2.05) is 0 Å². The van der Waals surface area contributed by atoms with Crippen LogP contribution in [0.1, 0.15) is 12.0 Å². The van der Waals surface area contributed by atoms with Crippen LogP contribution in [-0.2, 0) is 20.7 Å². The van der Waals surface area contributed by atoms with Crippen LogP contribution in [0.2, 0.25) is 0 Å². The molecular weight excluding hydrogens is 301 g/mol. The Kier molecular flexibility index (Phi) is 6.07. The first kappa shape index (κ1) is 17.4. The number of methoxy groups -OCH3 is 1. The predicted octanol–water partition coefficient (Wildman–Crippen LogP) is 1.04. The fourth-order valence-corrected chi connectivity index (χ4v) is 1.98. The lowest BCUT2D eigenvalue weighted by Gasteiger charge is -2.19. The Labute approximate surface area is 127 Å². The number of ether oxygens (including phenoxy) is 1. The summed E-state index contributed by atoms with van der Waals surface area (Å²) in [5, 5.41) is 5.03. The minimum atomic E-state index is -0.884. The summed E-state index contributed by atoms with van der Waals surface area (Å²) in [5.74, 6) is -1.23. The summed E-state index contributed by atoms with van der Waals surface area (Å²) in [7, 11) is 1.42. The Balaban J connectivity index is 0.00000220. The number of amides is 2. The highest BCUT2D eigenvalue weighted by Crippen LogP contribution is 2.28. The van der Waals surface area contributed by atoms with E-state index in [0.29, 0.717) is 24.1 Å². The zero-order valence-electron chi connectivity index (χ0n) is 11.4. The lowest BCUT2D eigenvalue weighted by Crippen LogP contribution is -2.39. The topological polar surface area (TPSA) is 93.4 Å². The fraction of sp³-hybridized carbons (Fsp3) is 0.385. The van der Waals surface area contributed by atoms with Gasteiger partial charge in [-0.1, -0.05) is 0 Å². The Morgan fingerprint density at radius 1 is 1.52 bits per heavy atom. The third kappa shape index (κ3) is 4.13. The first-order valence-corrected chi connectivity index (χ1v) is 6.19. The molecule has 2 rings (SSSR count). The van der Waals surface area contributed by atoms with Crippen molar-refractivity contribution in [3.05, 3.63) is 23.5 Å². The maximum Gasteiger partial charge on any atom is 0.243 e. The number of halogens is 2. The van der Waals surface area contributed by atoms with E-state index in [4.69, 9.17) is 10.5 Å². The molecular formula is C13H17ClFN3O3. The van der Waals surface area contributed by atoms with Crippen molar-refractivity contribution in [3.63, 3.8) is 0 Å². The number of benzene rings is 1. The summed E-state index contributed by atoms with van der Waals surface area (Å²) in [4.78, 5) is 23.0. The van der Waals surface area contributed by atoms with Gasteiger partial charge in [0.05, 0.1) is 12.3 Å². The molecule has 0 saturated heterocycles. The molecule has 21 heavy (non-hydrogen) atoms. The largest absolute Gasteiger partial charge is 0.383 e. The molecule has 6 nitrogen and oxygen atoms in total. The minimum Gasteiger partial charge on any atom is -0.383 e. The first-order valence-electron chi connectivity index (χ1n) is 6.19. The highest BCUT2D eigenvalue weighted by atomic mass is 35.5. The van der Waals surface area contributed by atoms with Crippen LogP contribution in [0.5, 0.6) is 0 Å². The number of nitrogens with two attached hydrogens (primary N) is 1. The monoisotopic (exact) mass is 317 g/mol. The zero-order valence-corrected chi connectivity index (χ0v) is 12.3. The number of carbonyl (C=O) groups excluding carboxylic acids is 2. The minimum absolute atomic E-state index is 0. The van der Waals surface area contributed by atoms with Gasteiger partial charge in [0.1, 0.15) is 11.9 Å². The standard InChI is InChI=1S/C13H16FN3O3.ClH/c1-20-6-9(15)13(19)17-11-5-10-7(4-8(11)14)2-3-12(18)16-10;/h4-5,9H,2-3,6,15H2,1H3,(H,16,18)(H,17,19);1H. The predicted molar refractivity (Wildman–Crippen MR) is 79.1 cm³/mol. The van der Waals surface area contributed by atoms with Crippen molar-refractivity contribution in [2.45, 2.75) is 18.9 Å². The zero-order chi connectivity index (χ0) is 14.7. The van der Waals surface area contributed by atoms with Gasteiger partial charge in [-0.15, -0.1) is 12.4 Å². The Bertz CT molecular complexity index is 554. The molecule has 0 spiro atoms. The van der Waals surface area contributed by atoms with Crippen LogP contribution < -0.4 is 16.4 Å². The smallest absolute Gasteiger partial charge is 0.243 e. The van der Waals surface area contributed by atoms with Crippen LogP contribution in [0.25, 0.3) is 0 Å². The van der Waals surface area contributed by atoms with E-state index >= 15 is 0 Å². The van der Waals surface area contributed by atoms with Crippen LogP contribution in [0.4, 0.5) is 15.8 Å². The quantitative estimate of drug-likeness (QED) is 0.773. The number of rotatable bonds is 4. The van der Waals surface area contributed by atoms with E-state index < -0.39 is 17.8 Å². The summed E-state index contributed by atoms with van der Waals surface area (Å²) < 4.78 is 18.6. The van der Waals surface area contributed by atoms with Crippen LogP contribution in [0.15, 0.2) is 12.1 Å². The third-order valence-corrected chi connectivity index (χ3v) is 3.03. The van der Waals surface area contributed by atoms with E-state index in [1.54, 1.807) is 0 Å². The maximum atomic E-state index is 13.9. The van der Waals surface area contributed by atoms with Crippen molar-refractivity contribution in [1.82, 2.24) is 0 Å². The van der Waals surface area contributed by atoms with E-state index in [1.165, 1.54) is 19.2 Å². The summed E-state index contributed by atoms with van der Waals surface area (Å²) in [6, 6.07) is 1.83. The van der Waals surface area contributed by atoms with Gasteiger partial charge in [0.25, 0.3) is 0 Å². The van der Waals surface area contributed by atoms with Gasteiger partial charge in [-0.2, -0.15) is 0 Å². The lowest BCUT2D eigenvalue weighted by molar-refractivity contribution is -0.118. The van der Waals surface area contributed by atoms with Gasteiger partial charge in [-0.05, 0) is 24.1 Å². The molecule has 0 saturated carbocycles. The second kappa shape index (κ2) is 7.35. The molecule has 1 aliphatic rings. The van der Waals surface area contributed by atoms with Crippen molar-refractivity contribution in [2.24, 2.45) is 5.73 Å². The lowest BCUT2D eigenvalue weighted by atomic mass is 10.0. The molecule has 1 heterocycles. The molecule has 0 radical (unpaired) electrons. The highest BCUT2D eigenvalue weighted by molar-refractivity contribution is 5.98. The molecule has 1 aromatic rings. The fourth-order valence-electron chi connectivity index (χ4n) is 1.98. The molecule has 0 fully saturated rings. The second-order valence-corrected chi connectivity index (χ2v) is 4.59. The molecule has 8 heteroatoms. The Morgan fingerprint density at radius 2 is 2.24 bits per heavy atom. The molecule has 1 aromatic carbocycles. The molecule has 4 N–H and O–H groups in total. The maximum absolute atomic E-state index is 13.9. The van der Waals surface area contributed by atoms with Crippen molar-refractivity contribution in [1.29, 1.82) is 0 Å². The number of nitrogens with one attached hydrogen (secondary N) is 2. The van der Waals surface area contributed by atoms with Crippen LogP contribution in [-0.4, -0.2) is 31.6 Å². The Morgan fingerprint density at radius 3 is 2.90 bits per heavy atom. The van der Waals surface area contributed by atoms with Crippen molar-refractivity contribution < 1.29 is 18.7 Å². The van der Waals surface area contributed by atoms with E-state index in [2.05, 4.69) is 10.6 Å². The molecule has 1 unspecified atom stereocenters. The number of carbonyl (C=O) groups is 2. The van der Waals surface area contributed by atoms with E-state index in [-0.39, 0.29) is 30.6 Å². The number of fused-ring (bicyclic) bond motifs is 1. The summed E-state index contributed by atoms with van der Waals surface area (Å²) in [5.41, 5.74) is 6.77. The number of hydrogen-bond acceptors (Lipinski definition) is 4. The normalized spacial score (nSPS) is 14.5. The van der Waals surface area contributed by atoms with Gasteiger partial charge >= 0.3 is 0 Å². The number of hydrogen-bond donors (Lipinski definition) is 3. The van der Waals surface area contributed by atoms with Gasteiger partial charge in [-0.25, -0.2) is 4.39 Å². The van der Waals surface area contributed by atoms with Crippen LogP contribution >= 0.6 is 12.4 Å². The molecule has 0 bridgehead atoms.